The number of aromatic hydroxyl groups is 1. The van der Waals surface area contributed by atoms with Crippen LogP contribution in [-0.2, 0) is 6.54 Å². The number of furan rings is 1. The summed E-state index contributed by atoms with van der Waals surface area (Å²) in [6.45, 7) is 2.76. The van der Waals surface area contributed by atoms with Crippen LogP contribution in [0.25, 0.3) is 0 Å². The molecule has 1 aromatic heterocycles. The van der Waals surface area contributed by atoms with Gasteiger partial charge in [-0.05, 0) is 24.6 Å². The molecule has 0 bridgehead atoms. The van der Waals surface area contributed by atoms with Crippen molar-refractivity contribution in [3.8, 4) is 5.75 Å². The van der Waals surface area contributed by atoms with Crippen molar-refractivity contribution in [2.45, 2.75) is 25.9 Å². The van der Waals surface area contributed by atoms with Gasteiger partial charge in [-0.3, -0.25) is 0 Å². The van der Waals surface area contributed by atoms with Gasteiger partial charge in [0.25, 0.3) is 0 Å². The predicted octanol–water partition coefficient (Wildman–Crippen LogP) is 3.23. The standard InChI is InChI=1S/C14H17NO2/c1-2-13(12-7-3-4-8-14(12)16)15-10-11-6-5-9-17-11/h3-9,13,15-16H,2,10H2,1H3. The summed E-state index contributed by atoms with van der Waals surface area (Å²) in [5.74, 6) is 1.24. The van der Waals surface area contributed by atoms with Crippen LogP contribution in [0, 0.1) is 0 Å². The van der Waals surface area contributed by atoms with Crippen molar-refractivity contribution in [1.82, 2.24) is 5.32 Å². The maximum atomic E-state index is 9.81. The number of rotatable bonds is 5. The minimum atomic E-state index is 0.140. The highest BCUT2D eigenvalue weighted by Crippen LogP contribution is 2.25. The summed E-state index contributed by atoms with van der Waals surface area (Å²) in [5.41, 5.74) is 0.932. The monoisotopic (exact) mass is 231 g/mol. The second kappa shape index (κ2) is 5.55. The van der Waals surface area contributed by atoms with Crippen molar-refractivity contribution >= 4 is 0 Å². The van der Waals surface area contributed by atoms with E-state index in [9.17, 15) is 5.11 Å². The molecule has 1 aromatic carbocycles. The smallest absolute Gasteiger partial charge is 0.120 e. The summed E-state index contributed by atoms with van der Waals surface area (Å²) in [5, 5.41) is 13.2. The lowest BCUT2D eigenvalue weighted by atomic mass is 10.0. The van der Waals surface area contributed by atoms with E-state index in [1.807, 2.05) is 30.3 Å². The molecule has 2 rings (SSSR count). The lowest BCUT2D eigenvalue weighted by Crippen LogP contribution is -2.20. The molecule has 0 aliphatic carbocycles. The van der Waals surface area contributed by atoms with Crippen molar-refractivity contribution in [2.24, 2.45) is 0 Å². The van der Waals surface area contributed by atoms with E-state index in [0.717, 1.165) is 17.7 Å². The summed E-state index contributed by atoms with van der Waals surface area (Å²) < 4.78 is 5.27. The van der Waals surface area contributed by atoms with E-state index in [1.165, 1.54) is 0 Å². The van der Waals surface area contributed by atoms with E-state index in [-0.39, 0.29) is 6.04 Å². The quantitative estimate of drug-likeness (QED) is 0.830. The fourth-order valence-corrected chi connectivity index (χ4v) is 1.89. The first-order valence-electron chi connectivity index (χ1n) is 5.85. The maximum Gasteiger partial charge on any atom is 0.120 e. The SMILES string of the molecule is CCC(NCc1ccco1)c1ccccc1O. The zero-order valence-corrected chi connectivity index (χ0v) is 9.89. The predicted molar refractivity (Wildman–Crippen MR) is 66.7 cm³/mol. The summed E-state index contributed by atoms with van der Waals surface area (Å²) in [7, 11) is 0. The average molecular weight is 231 g/mol. The Bertz CT molecular complexity index is 451. The van der Waals surface area contributed by atoms with Crippen LogP contribution >= 0.6 is 0 Å². The first-order chi connectivity index (χ1) is 8.31. The van der Waals surface area contributed by atoms with Crippen LogP contribution in [0.4, 0.5) is 0 Å². The van der Waals surface area contributed by atoms with E-state index in [1.54, 1.807) is 12.3 Å². The third kappa shape index (κ3) is 2.88. The van der Waals surface area contributed by atoms with Crippen LogP contribution in [0.15, 0.2) is 47.1 Å². The lowest BCUT2D eigenvalue weighted by Gasteiger charge is -2.17. The van der Waals surface area contributed by atoms with Crippen molar-refractivity contribution in [3.63, 3.8) is 0 Å². The molecule has 0 amide bonds. The normalized spacial score (nSPS) is 12.5. The molecular formula is C14H17NO2. The van der Waals surface area contributed by atoms with E-state index < -0.39 is 0 Å². The van der Waals surface area contributed by atoms with Gasteiger partial charge < -0.3 is 14.8 Å². The van der Waals surface area contributed by atoms with Crippen molar-refractivity contribution in [1.29, 1.82) is 0 Å². The van der Waals surface area contributed by atoms with E-state index >= 15 is 0 Å². The van der Waals surface area contributed by atoms with Gasteiger partial charge in [0, 0.05) is 11.6 Å². The zero-order chi connectivity index (χ0) is 12.1. The second-order valence-electron chi connectivity index (χ2n) is 3.98. The van der Waals surface area contributed by atoms with Crippen molar-refractivity contribution in [3.05, 3.63) is 54.0 Å². The number of phenols is 1. The fraction of sp³-hybridized carbons (Fsp3) is 0.286. The van der Waals surface area contributed by atoms with Gasteiger partial charge in [0.1, 0.15) is 11.5 Å². The topological polar surface area (TPSA) is 45.4 Å². The minimum absolute atomic E-state index is 0.140. The number of benzene rings is 1. The molecule has 0 aliphatic heterocycles. The highest BCUT2D eigenvalue weighted by atomic mass is 16.3. The van der Waals surface area contributed by atoms with Crippen molar-refractivity contribution in [2.75, 3.05) is 0 Å². The molecule has 90 valence electrons. The third-order valence-corrected chi connectivity index (χ3v) is 2.82. The van der Waals surface area contributed by atoms with Crippen LogP contribution < -0.4 is 5.32 Å². The summed E-state index contributed by atoms with van der Waals surface area (Å²) in [4.78, 5) is 0. The molecule has 0 saturated heterocycles. The minimum Gasteiger partial charge on any atom is -0.508 e. The summed E-state index contributed by atoms with van der Waals surface area (Å²) in [6.07, 6.45) is 2.58. The molecule has 0 saturated carbocycles. The van der Waals surface area contributed by atoms with Gasteiger partial charge in [0.2, 0.25) is 0 Å². The molecule has 1 atom stereocenters. The van der Waals surface area contributed by atoms with Crippen LogP contribution in [-0.4, -0.2) is 5.11 Å². The number of hydrogen-bond acceptors (Lipinski definition) is 3. The molecule has 2 aromatic rings. The molecular weight excluding hydrogens is 214 g/mol. The number of hydrogen-bond donors (Lipinski definition) is 2. The Morgan fingerprint density at radius 2 is 2.06 bits per heavy atom. The van der Waals surface area contributed by atoms with Crippen LogP contribution in [0.2, 0.25) is 0 Å². The Labute approximate surface area is 101 Å². The molecule has 0 spiro atoms. The molecule has 0 radical (unpaired) electrons. The van der Waals surface area contributed by atoms with Gasteiger partial charge in [0.15, 0.2) is 0 Å². The molecule has 1 unspecified atom stereocenters. The van der Waals surface area contributed by atoms with Gasteiger partial charge in [0.05, 0.1) is 12.8 Å². The molecule has 1 heterocycles. The molecule has 3 nitrogen and oxygen atoms in total. The van der Waals surface area contributed by atoms with Crippen LogP contribution in [0.1, 0.15) is 30.7 Å². The fourth-order valence-electron chi connectivity index (χ4n) is 1.89. The molecule has 17 heavy (non-hydrogen) atoms. The Kier molecular flexibility index (Phi) is 3.83. The van der Waals surface area contributed by atoms with Crippen molar-refractivity contribution < 1.29 is 9.52 Å². The molecule has 2 N–H and O–H groups in total. The highest BCUT2D eigenvalue weighted by molar-refractivity contribution is 5.34. The van der Waals surface area contributed by atoms with E-state index in [0.29, 0.717) is 12.3 Å². The Morgan fingerprint density at radius 3 is 2.71 bits per heavy atom. The van der Waals surface area contributed by atoms with E-state index in [4.69, 9.17) is 4.42 Å². The number of phenolic OH excluding ortho intramolecular Hbond substituents is 1. The Morgan fingerprint density at radius 1 is 1.24 bits per heavy atom. The second-order valence-corrected chi connectivity index (χ2v) is 3.98. The van der Waals surface area contributed by atoms with Crippen LogP contribution in [0.3, 0.4) is 0 Å². The number of para-hydroxylation sites is 1. The largest absolute Gasteiger partial charge is 0.508 e. The first kappa shape index (κ1) is 11.7. The first-order valence-corrected chi connectivity index (χ1v) is 5.85. The molecule has 3 heteroatoms. The Balaban J connectivity index is 2.04. The third-order valence-electron chi connectivity index (χ3n) is 2.82. The zero-order valence-electron chi connectivity index (χ0n) is 9.89. The Hall–Kier alpha value is -1.74. The lowest BCUT2D eigenvalue weighted by molar-refractivity contribution is 0.419. The number of nitrogens with one attached hydrogen (secondary N) is 1. The van der Waals surface area contributed by atoms with Gasteiger partial charge >= 0.3 is 0 Å². The maximum absolute atomic E-state index is 9.81. The average Bonchev–Trinajstić information content (AvgIpc) is 2.85. The van der Waals surface area contributed by atoms with Gasteiger partial charge in [-0.25, -0.2) is 0 Å². The summed E-state index contributed by atoms with van der Waals surface area (Å²) in [6, 6.07) is 11.4. The highest BCUT2D eigenvalue weighted by Gasteiger charge is 2.12. The van der Waals surface area contributed by atoms with Gasteiger partial charge in [-0.1, -0.05) is 25.1 Å². The molecule has 0 fully saturated rings. The molecule has 0 aliphatic rings. The summed E-state index contributed by atoms with van der Waals surface area (Å²) >= 11 is 0. The van der Waals surface area contributed by atoms with Crippen LogP contribution in [0.5, 0.6) is 5.75 Å². The van der Waals surface area contributed by atoms with Gasteiger partial charge in [-0.2, -0.15) is 0 Å². The van der Waals surface area contributed by atoms with Gasteiger partial charge in [-0.15, -0.1) is 0 Å². The van der Waals surface area contributed by atoms with E-state index in [2.05, 4.69) is 12.2 Å².